The number of rotatable bonds is 8. The van der Waals surface area contributed by atoms with Gasteiger partial charge in [0.2, 0.25) is 0 Å². The van der Waals surface area contributed by atoms with Gasteiger partial charge in [-0.3, -0.25) is 9.69 Å². The van der Waals surface area contributed by atoms with Crippen molar-refractivity contribution >= 4 is 5.97 Å². The van der Waals surface area contributed by atoms with Crippen LogP contribution < -0.4 is 0 Å². The first-order chi connectivity index (χ1) is 11.3. The summed E-state index contributed by atoms with van der Waals surface area (Å²) in [7, 11) is 0. The molecule has 132 valence electrons. The van der Waals surface area contributed by atoms with Crippen molar-refractivity contribution in [2.24, 2.45) is 0 Å². The third-order valence-corrected chi connectivity index (χ3v) is 3.76. The average Bonchev–Trinajstić information content (AvgIpc) is 2.50. The zero-order valence-corrected chi connectivity index (χ0v) is 15.7. The van der Waals surface area contributed by atoms with Crippen LogP contribution >= 0.6 is 0 Å². The van der Waals surface area contributed by atoms with Gasteiger partial charge in [0.05, 0.1) is 6.42 Å². The van der Waals surface area contributed by atoms with Crippen molar-refractivity contribution in [3.05, 3.63) is 60.7 Å². The van der Waals surface area contributed by atoms with Crippen LogP contribution in [-0.2, 0) is 9.53 Å². The maximum Gasteiger partial charge on any atom is 0.308 e. The molecule has 0 fully saturated rings. The third kappa shape index (κ3) is 6.71. The van der Waals surface area contributed by atoms with Gasteiger partial charge in [0, 0.05) is 18.6 Å². The Morgan fingerprint density at radius 3 is 2.42 bits per heavy atom. The summed E-state index contributed by atoms with van der Waals surface area (Å²) in [6.45, 7) is 14.4. The monoisotopic (exact) mass is 329 g/mol. The quantitative estimate of drug-likeness (QED) is 0.501. The topological polar surface area (TPSA) is 29.5 Å². The number of carbonyl (C=O) groups excluding carboxylic acids is 1. The number of nitrogens with zero attached hydrogens (tertiary/aromatic N) is 1. The second-order valence-electron chi connectivity index (χ2n) is 6.96. The molecule has 0 amide bonds. The van der Waals surface area contributed by atoms with Crippen molar-refractivity contribution in [1.29, 1.82) is 0 Å². The molecule has 2 atom stereocenters. The van der Waals surface area contributed by atoms with E-state index < -0.39 is 5.60 Å². The van der Waals surface area contributed by atoms with Gasteiger partial charge in [0.1, 0.15) is 5.60 Å². The standard InChI is InChI=1S/C21H31NO2/c1-7-12-19(16-20(23)24-21(4,5)6)22(15-8-2)17(3)18-13-10-9-11-14-18/h7-14,17,19H,2,15-16H2,1,3-6H3/b12-7+. The van der Waals surface area contributed by atoms with Crippen LogP contribution in [0.5, 0.6) is 0 Å². The normalized spacial score (nSPS) is 14.6. The Bertz CT molecular complexity index is 543. The largest absolute Gasteiger partial charge is 0.460 e. The number of ether oxygens (including phenoxy) is 1. The van der Waals surface area contributed by atoms with Crippen molar-refractivity contribution in [3.8, 4) is 0 Å². The van der Waals surface area contributed by atoms with Crippen LogP contribution in [0.15, 0.2) is 55.1 Å². The fourth-order valence-electron chi connectivity index (χ4n) is 2.72. The molecule has 3 heteroatoms. The van der Waals surface area contributed by atoms with E-state index in [1.54, 1.807) is 0 Å². The summed E-state index contributed by atoms with van der Waals surface area (Å²) in [6, 6.07) is 10.5. The second kappa shape index (κ2) is 9.43. The summed E-state index contributed by atoms with van der Waals surface area (Å²) < 4.78 is 5.50. The number of carbonyl (C=O) groups is 1. The van der Waals surface area contributed by atoms with Crippen LogP contribution in [0.4, 0.5) is 0 Å². The highest BCUT2D eigenvalue weighted by molar-refractivity contribution is 5.71. The molecular formula is C21H31NO2. The van der Waals surface area contributed by atoms with Crippen molar-refractivity contribution in [2.75, 3.05) is 6.54 Å². The Balaban J connectivity index is 2.98. The summed E-state index contributed by atoms with van der Waals surface area (Å²) in [6.07, 6.45) is 6.26. The molecule has 0 spiro atoms. The van der Waals surface area contributed by atoms with Crippen LogP contribution in [0, 0.1) is 0 Å². The van der Waals surface area contributed by atoms with E-state index in [4.69, 9.17) is 4.74 Å². The summed E-state index contributed by atoms with van der Waals surface area (Å²) >= 11 is 0. The maximum absolute atomic E-state index is 12.3. The lowest BCUT2D eigenvalue weighted by molar-refractivity contribution is -0.156. The molecule has 3 nitrogen and oxygen atoms in total. The smallest absolute Gasteiger partial charge is 0.308 e. The highest BCUT2D eigenvalue weighted by atomic mass is 16.6. The molecule has 0 saturated carbocycles. The Morgan fingerprint density at radius 1 is 1.29 bits per heavy atom. The van der Waals surface area contributed by atoms with E-state index in [-0.39, 0.29) is 18.1 Å². The Labute approximate surface area is 147 Å². The summed E-state index contributed by atoms with van der Waals surface area (Å²) in [5.74, 6) is -0.181. The lowest BCUT2D eigenvalue weighted by atomic mass is 10.0. The van der Waals surface area contributed by atoms with Gasteiger partial charge in [0.15, 0.2) is 0 Å². The molecule has 0 heterocycles. The number of hydrogen-bond acceptors (Lipinski definition) is 3. The highest BCUT2D eigenvalue weighted by Gasteiger charge is 2.26. The fraction of sp³-hybridized carbons (Fsp3) is 0.476. The van der Waals surface area contributed by atoms with E-state index in [1.807, 2.05) is 58.0 Å². The lowest BCUT2D eigenvalue weighted by Crippen LogP contribution is -2.39. The van der Waals surface area contributed by atoms with Crippen molar-refractivity contribution < 1.29 is 9.53 Å². The minimum Gasteiger partial charge on any atom is -0.460 e. The van der Waals surface area contributed by atoms with E-state index >= 15 is 0 Å². The highest BCUT2D eigenvalue weighted by Crippen LogP contribution is 2.25. The fourth-order valence-corrected chi connectivity index (χ4v) is 2.72. The minimum atomic E-state index is -0.466. The molecule has 1 aromatic carbocycles. The van der Waals surface area contributed by atoms with Crippen LogP contribution in [0.1, 0.15) is 52.6 Å². The SMILES string of the molecule is C=CCN(C(/C=C/C)CC(=O)OC(C)(C)C)C(C)c1ccccc1. The number of esters is 1. The predicted molar refractivity (Wildman–Crippen MR) is 101 cm³/mol. The van der Waals surface area contributed by atoms with Gasteiger partial charge in [-0.15, -0.1) is 6.58 Å². The van der Waals surface area contributed by atoms with Crippen molar-refractivity contribution in [3.63, 3.8) is 0 Å². The van der Waals surface area contributed by atoms with Gasteiger partial charge in [-0.1, -0.05) is 48.6 Å². The van der Waals surface area contributed by atoms with Crippen LogP contribution in [0.2, 0.25) is 0 Å². The molecule has 0 aliphatic rings. The van der Waals surface area contributed by atoms with Gasteiger partial charge >= 0.3 is 5.97 Å². The first kappa shape index (κ1) is 20.2. The van der Waals surface area contributed by atoms with Gasteiger partial charge in [0.25, 0.3) is 0 Å². The van der Waals surface area contributed by atoms with E-state index in [9.17, 15) is 4.79 Å². The molecule has 0 aromatic heterocycles. The van der Waals surface area contributed by atoms with Gasteiger partial charge in [-0.2, -0.15) is 0 Å². The molecule has 0 N–H and O–H groups in total. The molecule has 0 radical (unpaired) electrons. The first-order valence-corrected chi connectivity index (χ1v) is 8.54. The average molecular weight is 329 g/mol. The molecule has 0 aliphatic heterocycles. The molecule has 0 bridgehead atoms. The molecule has 24 heavy (non-hydrogen) atoms. The first-order valence-electron chi connectivity index (χ1n) is 8.54. The van der Waals surface area contributed by atoms with Crippen molar-refractivity contribution in [2.45, 2.75) is 58.7 Å². The maximum atomic E-state index is 12.3. The number of benzene rings is 1. The van der Waals surface area contributed by atoms with E-state index in [2.05, 4.69) is 36.6 Å². The second-order valence-corrected chi connectivity index (χ2v) is 6.96. The molecular weight excluding hydrogens is 298 g/mol. The van der Waals surface area contributed by atoms with Crippen LogP contribution in [0.3, 0.4) is 0 Å². The van der Waals surface area contributed by atoms with E-state index in [0.29, 0.717) is 13.0 Å². The number of allylic oxidation sites excluding steroid dienone is 1. The van der Waals surface area contributed by atoms with Gasteiger partial charge < -0.3 is 4.74 Å². The molecule has 0 saturated heterocycles. The summed E-state index contributed by atoms with van der Waals surface area (Å²) in [5.41, 5.74) is 0.754. The Hall–Kier alpha value is -1.87. The number of hydrogen-bond donors (Lipinski definition) is 0. The summed E-state index contributed by atoms with van der Waals surface area (Å²) in [4.78, 5) is 14.6. The zero-order valence-electron chi connectivity index (χ0n) is 15.7. The molecule has 0 aliphatic carbocycles. The van der Waals surface area contributed by atoms with E-state index in [0.717, 1.165) is 0 Å². The molecule has 2 unspecified atom stereocenters. The van der Waals surface area contributed by atoms with Gasteiger partial charge in [-0.25, -0.2) is 0 Å². The predicted octanol–water partition coefficient (Wildman–Crippen LogP) is 4.91. The molecule has 1 rings (SSSR count). The lowest BCUT2D eigenvalue weighted by Gasteiger charge is -2.34. The Kier molecular flexibility index (Phi) is 7.93. The third-order valence-electron chi connectivity index (χ3n) is 3.76. The van der Waals surface area contributed by atoms with Crippen LogP contribution in [0.25, 0.3) is 0 Å². The minimum absolute atomic E-state index is 0.0296. The summed E-state index contributed by atoms with van der Waals surface area (Å²) in [5, 5.41) is 0. The van der Waals surface area contributed by atoms with Gasteiger partial charge in [-0.05, 0) is 40.2 Å². The zero-order chi connectivity index (χ0) is 18.2. The molecule has 1 aromatic rings. The van der Waals surface area contributed by atoms with Crippen LogP contribution in [-0.4, -0.2) is 29.1 Å². The van der Waals surface area contributed by atoms with Crippen molar-refractivity contribution in [1.82, 2.24) is 4.90 Å². The Morgan fingerprint density at radius 2 is 1.92 bits per heavy atom. The van der Waals surface area contributed by atoms with E-state index in [1.165, 1.54) is 5.56 Å².